The first-order valence-electron chi connectivity index (χ1n) is 11.5. The predicted molar refractivity (Wildman–Crippen MR) is 127 cm³/mol. The number of alkyl halides is 3. The standard InChI is InChI=1S/C28H30F3NO2/c1-2-3-21-4-6-22(7-5-21)8-9-23-10-12-24(13-11-23)18-32(20-27(33)34)19-25-14-16-26(17-15-25)28(29,30)31/h4-7,10-17H,2-3,8-9,18-20H2,1H3,(H,33,34). The third kappa shape index (κ3) is 8.03. The molecule has 0 aromatic heterocycles. The zero-order valence-corrected chi connectivity index (χ0v) is 19.3. The molecule has 0 fully saturated rings. The smallest absolute Gasteiger partial charge is 0.416 e. The van der Waals surface area contributed by atoms with Gasteiger partial charge in [0, 0.05) is 13.1 Å². The maximum atomic E-state index is 12.8. The molecule has 0 aliphatic rings. The van der Waals surface area contributed by atoms with Gasteiger partial charge in [-0.25, -0.2) is 0 Å². The molecule has 0 atom stereocenters. The van der Waals surface area contributed by atoms with Crippen LogP contribution in [0.25, 0.3) is 0 Å². The van der Waals surface area contributed by atoms with Crippen LogP contribution in [0.1, 0.15) is 46.7 Å². The first-order chi connectivity index (χ1) is 16.2. The molecule has 3 aromatic rings. The second-order valence-corrected chi connectivity index (χ2v) is 8.62. The second kappa shape index (κ2) is 11.8. The molecular weight excluding hydrogens is 439 g/mol. The molecule has 180 valence electrons. The number of nitrogens with zero attached hydrogens (tertiary/aromatic N) is 1. The Morgan fingerprint density at radius 1 is 0.706 bits per heavy atom. The third-order valence-corrected chi connectivity index (χ3v) is 5.74. The Morgan fingerprint density at radius 2 is 1.09 bits per heavy atom. The highest BCUT2D eigenvalue weighted by Crippen LogP contribution is 2.29. The van der Waals surface area contributed by atoms with Crippen molar-refractivity contribution in [3.05, 3.63) is 106 Å². The Labute approximate surface area is 198 Å². The molecule has 6 heteroatoms. The van der Waals surface area contributed by atoms with E-state index in [9.17, 15) is 23.1 Å². The fourth-order valence-electron chi connectivity index (χ4n) is 3.94. The monoisotopic (exact) mass is 469 g/mol. The maximum Gasteiger partial charge on any atom is 0.416 e. The zero-order valence-electron chi connectivity index (χ0n) is 19.3. The van der Waals surface area contributed by atoms with E-state index in [0.29, 0.717) is 12.1 Å². The molecule has 0 unspecified atom stereocenters. The van der Waals surface area contributed by atoms with E-state index in [-0.39, 0.29) is 13.1 Å². The van der Waals surface area contributed by atoms with Crippen molar-refractivity contribution in [3.8, 4) is 0 Å². The summed E-state index contributed by atoms with van der Waals surface area (Å²) in [6, 6.07) is 21.7. The summed E-state index contributed by atoms with van der Waals surface area (Å²) in [5.41, 5.74) is 4.74. The van der Waals surface area contributed by atoms with Gasteiger partial charge < -0.3 is 5.11 Å². The Hall–Kier alpha value is -3.12. The summed E-state index contributed by atoms with van der Waals surface area (Å²) in [6.45, 7) is 2.62. The summed E-state index contributed by atoms with van der Waals surface area (Å²) < 4.78 is 38.3. The van der Waals surface area contributed by atoms with Gasteiger partial charge in [0.2, 0.25) is 0 Å². The average molecular weight is 470 g/mol. The van der Waals surface area contributed by atoms with Gasteiger partial charge in [-0.3, -0.25) is 9.69 Å². The number of hydrogen-bond donors (Lipinski definition) is 1. The predicted octanol–water partition coefficient (Wildman–Crippen LogP) is 6.53. The lowest BCUT2D eigenvalue weighted by molar-refractivity contribution is -0.139. The number of aliphatic carboxylic acids is 1. The highest BCUT2D eigenvalue weighted by atomic mass is 19.4. The van der Waals surface area contributed by atoms with Crippen molar-refractivity contribution in [2.45, 2.75) is 51.9 Å². The Balaban J connectivity index is 1.58. The molecule has 0 amide bonds. The molecule has 3 rings (SSSR count). The van der Waals surface area contributed by atoms with E-state index in [2.05, 4.69) is 43.3 Å². The molecule has 0 bridgehead atoms. The second-order valence-electron chi connectivity index (χ2n) is 8.62. The van der Waals surface area contributed by atoms with E-state index in [4.69, 9.17) is 0 Å². The summed E-state index contributed by atoms with van der Waals surface area (Å²) >= 11 is 0. The van der Waals surface area contributed by atoms with Gasteiger partial charge in [0.25, 0.3) is 0 Å². The van der Waals surface area contributed by atoms with Crippen molar-refractivity contribution < 1.29 is 23.1 Å². The van der Waals surface area contributed by atoms with Crippen molar-refractivity contribution in [3.63, 3.8) is 0 Å². The fourth-order valence-corrected chi connectivity index (χ4v) is 3.94. The van der Waals surface area contributed by atoms with Crippen LogP contribution in [0.2, 0.25) is 0 Å². The molecule has 0 radical (unpaired) electrons. The minimum absolute atomic E-state index is 0.198. The van der Waals surface area contributed by atoms with Crippen LogP contribution in [0.15, 0.2) is 72.8 Å². The molecule has 3 nitrogen and oxygen atoms in total. The van der Waals surface area contributed by atoms with E-state index in [1.807, 2.05) is 12.1 Å². The van der Waals surface area contributed by atoms with E-state index >= 15 is 0 Å². The Morgan fingerprint density at radius 3 is 1.47 bits per heavy atom. The molecule has 3 aromatic carbocycles. The number of aryl methyl sites for hydroxylation is 3. The van der Waals surface area contributed by atoms with Gasteiger partial charge in [-0.05, 0) is 59.2 Å². The normalized spacial score (nSPS) is 11.7. The molecule has 0 aliphatic heterocycles. The topological polar surface area (TPSA) is 40.5 Å². The highest BCUT2D eigenvalue weighted by Gasteiger charge is 2.30. The molecule has 0 aliphatic carbocycles. The number of carbonyl (C=O) groups is 1. The number of benzene rings is 3. The van der Waals surface area contributed by atoms with Gasteiger partial charge in [-0.1, -0.05) is 74.0 Å². The largest absolute Gasteiger partial charge is 0.480 e. The number of halogens is 3. The Bertz CT molecular complexity index is 1040. The first-order valence-corrected chi connectivity index (χ1v) is 11.5. The van der Waals surface area contributed by atoms with Crippen LogP contribution >= 0.6 is 0 Å². The lowest BCUT2D eigenvalue weighted by Gasteiger charge is -2.21. The summed E-state index contributed by atoms with van der Waals surface area (Å²) in [4.78, 5) is 13.0. The van der Waals surface area contributed by atoms with Gasteiger partial charge >= 0.3 is 12.1 Å². The summed E-state index contributed by atoms with van der Waals surface area (Å²) in [5.74, 6) is -0.978. The highest BCUT2D eigenvalue weighted by molar-refractivity contribution is 5.69. The average Bonchev–Trinajstić information content (AvgIpc) is 2.79. The lowest BCUT2D eigenvalue weighted by Crippen LogP contribution is -2.29. The minimum atomic E-state index is -4.39. The van der Waals surface area contributed by atoms with Crippen molar-refractivity contribution in [1.29, 1.82) is 0 Å². The van der Waals surface area contributed by atoms with Gasteiger partial charge in [0.15, 0.2) is 0 Å². The van der Waals surface area contributed by atoms with E-state index < -0.39 is 17.7 Å². The summed E-state index contributed by atoms with van der Waals surface area (Å²) in [5, 5.41) is 9.27. The quantitative estimate of drug-likeness (QED) is 0.347. The molecule has 0 saturated carbocycles. The number of carboxylic acid groups (broad SMARTS) is 1. The van der Waals surface area contributed by atoms with Crippen LogP contribution in [0.5, 0.6) is 0 Å². The van der Waals surface area contributed by atoms with Crippen LogP contribution in [0.4, 0.5) is 13.2 Å². The van der Waals surface area contributed by atoms with Crippen molar-refractivity contribution in [1.82, 2.24) is 4.90 Å². The fraction of sp³-hybridized carbons (Fsp3) is 0.321. The molecular formula is C28H30F3NO2. The molecule has 0 spiro atoms. The summed E-state index contributed by atoms with van der Waals surface area (Å²) in [7, 11) is 0. The SMILES string of the molecule is CCCc1ccc(CCc2ccc(CN(CC(=O)O)Cc3ccc(C(F)(F)F)cc3)cc2)cc1. The maximum absolute atomic E-state index is 12.8. The lowest BCUT2D eigenvalue weighted by atomic mass is 10.0. The molecule has 0 heterocycles. The minimum Gasteiger partial charge on any atom is -0.480 e. The van der Waals surface area contributed by atoms with E-state index in [1.54, 1.807) is 4.90 Å². The van der Waals surface area contributed by atoms with Gasteiger partial charge in [-0.2, -0.15) is 13.2 Å². The number of carboxylic acids is 1. The van der Waals surface area contributed by atoms with Gasteiger partial charge in [0.05, 0.1) is 12.1 Å². The molecule has 34 heavy (non-hydrogen) atoms. The van der Waals surface area contributed by atoms with E-state index in [1.165, 1.54) is 28.8 Å². The van der Waals surface area contributed by atoms with Crippen LogP contribution in [0, 0.1) is 0 Å². The third-order valence-electron chi connectivity index (χ3n) is 5.74. The van der Waals surface area contributed by atoms with Crippen molar-refractivity contribution >= 4 is 5.97 Å². The van der Waals surface area contributed by atoms with Crippen LogP contribution in [0.3, 0.4) is 0 Å². The van der Waals surface area contributed by atoms with E-state index in [0.717, 1.165) is 43.4 Å². The van der Waals surface area contributed by atoms with Crippen LogP contribution < -0.4 is 0 Å². The zero-order chi connectivity index (χ0) is 24.6. The van der Waals surface area contributed by atoms with Crippen molar-refractivity contribution in [2.24, 2.45) is 0 Å². The van der Waals surface area contributed by atoms with Crippen LogP contribution in [-0.2, 0) is 43.3 Å². The molecule has 0 saturated heterocycles. The summed E-state index contributed by atoms with van der Waals surface area (Å²) in [6.07, 6.45) is -0.290. The number of rotatable bonds is 11. The first kappa shape index (κ1) is 25.5. The van der Waals surface area contributed by atoms with Crippen molar-refractivity contribution in [2.75, 3.05) is 6.54 Å². The van der Waals surface area contributed by atoms with Gasteiger partial charge in [-0.15, -0.1) is 0 Å². The Kier molecular flexibility index (Phi) is 8.88. The molecule has 1 N–H and O–H groups in total. The number of hydrogen-bond acceptors (Lipinski definition) is 2. The van der Waals surface area contributed by atoms with Gasteiger partial charge in [0.1, 0.15) is 0 Å². The van der Waals surface area contributed by atoms with Crippen LogP contribution in [-0.4, -0.2) is 22.5 Å².